The van der Waals surface area contributed by atoms with Crippen LogP contribution >= 0.6 is 0 Å². The first-order chi connectivity index (χ1) is 10.1. The molecule has 1 aliphatic heterocycles. The maximum absolute atomic E-state index is 13.0. The van der Waals surface area contributed by atoms with Crippen molar-refractivity contribution in [2.45, 2.75) is 64.0 Å². The molecule has 2 fully saturated rings. The Bertz CT molecular complexity index is 326. The molecule has 0 bridgehead atoms. The van der Waals surface area contributed by atoms with E-state index in [1.807, 2.05) is 0 Å². The molecule has 2 unspecified atom stereocenters. The number of carbonyl (C=O) groups excluding carboxylic acids is 1. The van der Waals surface area contributed by atoms with Crippen molar-refractivity contribution >= 4 is 5.91 Å². The van der Waals surface area contributed by atoms with E-state index in [1.54, 1.807) is 0 Å². The molecule has 0 aromatic heterocycles. The fourth-order valence-electron chi connectivity index (χ4n) is 3.75. The topological polar surface area (TPSA) is 35.6 Å². The van der Waals surface area contributed by atoms with Crippen LogP contribution in [0.1, 0.15) is 51.9 Å². The summed E-state index contributed by atoms with van der Waals surface area (Å²) >= 11 is 0. The second-order valence-electron chi connectivity index (χ2n) is 7.08. The van der Waals surface area contributed by atoms with Crippen molar-refractivity contribution in [3.8, 4) is 0 Å². The van der Waals surface area contributed by atoms with Gasteiger partial charge in [-0.15, -0.1) is 0 Å². The normalized spacial score (nSPS) is 27.2. The molecule has 122 valence electrons. The fourth-order valence-corrected chi connectivity index (χ4v) is 3.75. The predicted octanol–water partition coefficient (Wildman–Crippen LogP) is 2.10. The molecule has 1 N–H and O–H groups in total. The average Bonchev–Trinajstić information content (AvgIpc) is 3.01. The second kappa shape index (κ2) is 8.14. The van der Waals surface area contributed by atoms with Gasteiger partial charge in [-0.1, -0.05) is 26.2 Å². The van der Waals surface area contributed by atoms with Gasteiger partial charge in [0.05, 0.1) is 6.04 Å². The van der Waals surface area contributed by atoms with Gasteiger partial charge < -0.3 is 15.1 Å². The van der Waals surface area contributed by atoms with Crippen LogP contribution in [0.25, 0.3) is 0 Å². The van der Waals surface area contributed by atoms with Crippen LogP contribution in [-0.4, -0.2) is 61.5 Å². The van der Waals surface area contributed by atoms with Crippen molar-refractivity contribution in [1.29, 1.82) is 0 Å². The van der Waals surface area contributed by atoms with E-state index in [0.29, 0.717) is 11.9 Å². The van der Waals surface area contributed by atoms with Crippen molar-refractivity contribution in [1.82, 2.24) is 15.1 Å². The standard InChI is InChI=1S/C17H33N3O/c1-4-14-9-10-18-16(13-14)17(21)20(12-11-19(2)3)15-7-5-6-8-15/h14-16,18H,4-13H2,1-3H3. The number of nitrogens with one attached hydrogen (secondary N) is 1. The zero-order valence-corrected chi connectivity index (χ0v) is 14.1. The maximum Gasteiger partial charge on any atom is 0.240 e. The van der Waals surface area contributed by atoms with Gasteiger partial charge in [0.1, 0.15) is 0 Å². The molecule has 0 aromatic rings. The van der Waals surface area contributed by atoms with Crippen molar-refractivity contribution in [3.63, 3.8) is 0 Å². The van der Waals surface area contributed by atoms with Crippen LogP contribution in [0.3, 0.4) is 0 Å². The van der Waals surface area contributed by atoms with Crippen molar-refractivity contribution < 1.29 is 4.79 Å². The highest BCUT2D eigenvalue weighted by molar-refractivity contribution is 5.82. The number of carbonyl (C=O) groups is 1. The molecule has 4 heteroatoms. The van der Waals surface area contributed by atoms with Gasteiger partial charge in [0.2, 0.25) is 5.91 Å². The fraction of sp³-hybridized carbons (Fsp3) is 0.941. The van der Waals surface area contributed by atoms with E-state index >= 15 is 0 Å². The van der Waals surface area contributed by atoms with Crippen LogP contribution in [0.2, 0.25) is 0 Å². The third-order valence-corrected chi connectivity index (χ3v) is 5.22. The quantitative estimate of drug-likeness (QED) is 0.815. The van der Waals surface area contributed by atoms with Gasteiger partial charge >= 0.3 is 0 Å². The van der Waals surface area contributed by atoms with Gasteiger partial charge in [0.15, 0.2) is 0 Å². The summed E-state index contributed by atoms with van der Waals surface area (Å²) in [5.41, 5.74) is 0. The number of hydrogen-bond acceptors (Lipinski definition) is 3. The molecule has 1 amide bonds. The summed E-state index contributed by atoms with van der Waals surface area (Å²) in [7, 11) is 4.17. The number of rotatable bonds is 6. The summed E-state index contributed by atoms with van der Waals surface area (Å²) in [4.78, 5) is 17.4. The first-order valence-electron chi connectivity index (χ1n) is 8.80. The number of nitrogens with zero attached hydrogens (tertiary/aromatic N) is 2. The molecule has 1 saturated carbocycles. The Balaban J connectivity index is 1.98. The van der Waals surface area contributed by atoms with Crippen molar-refractivity contribution in [2.75, 3.05) is 33.7 Å². The van der Waals surface area contributed by atoms with Gasteiger partial charge in [-0.3, -0.25) is 4.79 Å². The van der Waals surface area contributed by atoms with E-state index in [4.69, 9.17) is 0 Å². The summed E-state index contributed by atoms with van der Waals surface area (Å²) in [6, 6.07) is 0.549. The van der Waals surface area contributed by atoms with Gasteiger partial charge in [0.25, 0.3) is 0 Å². The van der Waals surface area contributed by atoms with Gasteiger partial charge in [-0.25, -0.2) is 0 Å². The molecule has 1 heterocycles. The Morgan fingerprint density at radius 2 is 1.86 bits per heavy atom. The van der Waals surface area contributed by atoms with E-state index < -0.39 is 0 Å². The Morgan fingerprint density at radius 3 is 2.48 bits per heavy atom. The SMILES string of the molecule is CCC1CCNC(C(=O)N(CCN(C)C)C2CCCC2)C1. The Kier molecular flexibility index (Phi) is 6.49. The second-order valence-corrected chi connectivity index (χ2v) is 7.08. The first kappa shape index (κ1) is 16.8. The third-order valence-electron chi connectivity index (χ3n) is 5.22. The smallest absolute Gasteiger partial charge is 0.240 e. The third kappa shape index (κ3) is 4.68. The van der Waals surface area contributed by atoms with Crippen LogP contribution in [0.5, 0.6) is 0 Å². The average molecular weight is 295 g/mol. The molecule has 21 heavy (non-hydrogen) atoms. The van der Waals surface area contributed by atoms with Crippen molar-refractivity contribution in [3.05, 3.63) is 0 Å². The number of hydrogen-bond donors (Lipinski definition) is 1. The highest BCUT2D eigenvalue weighted by atomic mass is 16.2. The summed E-state index contributed by atoms with van der Waals surface area (Å²) in [6.07, 6.45) is 8.42. The molecule has 2 aliphatic rings. The van der Waals surface area contributed by atoms with Crippen LogP contribution < -0.4 is 5.32 Å². The summed E-state index contributed by atoms with van der Waals surface area (Å²) in [6.45, 7) is 5.09. The van der Waals surface area contributed by atoms with Crippen LogP contribution in [0, 0.1) is 5.92 Å². The summed E-state index contributed by atoms with van der Waals surface area (Å²) < 4.78 is 0. The van der Waals surface area contributed by atoms with Crippen LogP contribution in [-0.2, 0) is 4.79 Å². The largest absolute Gasteiger partial charge is 0.337 e. The molecule has 2 rings (SSSR count). The number of piperidine rings is 1. The zero-order valence-electron chi connectivity index (χ0n) is 14.1. The number of likely N-dealkylation sites (N-methyl/N-ethyl adjacent to an activating group) is 1. The monoisotopic (exact) mass is 295 g/mol. The lowest BCUT2D eigenvalue weighted by molar-refractivity contribution is -0.137. The molecule has 0 spiro atoms. The van der Waals surface area contributed by atoms with E-state index in [-0.39, 0.29) is 6.04 Å². The highest BCUT2D eigenvalue weighted by Gasteiger charge is 2.33. The van der Waals surface area contributed by atoms with Gasteiger partial charge in [-0.05, 0) is 52.2 Å². The van der Waals surface area contributed by atoms with Crippen LogP contribution in [0.15, 0.2) is 0 Å². The number of amides is 1. The lowest BCUT2D eigenvalue weighted by atomic mass is 9.89. The van der Waals surface area contributed by atoms with Gasteiger partial charge in [-0.2, -0.15) is 0 Å². The van der Waals surface area contributed by atoms with E-state index in [0.717, 1.165) is 32.0 Å². The molecule has 4 nitrogen and oxygen atoms in total. The minimum Gasteiger partial charge on any atom is -0.337 e. The van der Waals surface area contributed by atoms with E-state index in [2.05, 4.69) is 36.1 Å². The Morgan fingerprint density at radius 1 is 1.14 bits per heavy atom. The van der Waals surface area contributed by atoms with E-state index in [1.165, 1.54) is 38.5 Å². The molecule has 0 aromatic carbocycles. The van der Waals surface area contributed by atoms with Crippen molar-refractivity contribution in [2.24, 2.45) is 5.92 Å². The summed E-state index contributed by atoms with van der Waals surface area (Å²) in [5, 5.41) is 3.47. The minimum absolute atomic E-state index is 0.0615. The van der Waals surface area contributed by atoms with Crippen LogP contribution in [0.4, 0.5) is 0 Å². The molecular formula is C17H33N3O. The molecule has 2 atom stereocenters. The summed E-state index contributed by atoms with van der Waals surface area (Å²) in [5.74, 6) is 1.08. The Hall–Kier alpha value is -0.610. The molecular weight excluding hydrogens is 262 g/mol. The Labute approximate surface area is 130 Å². The molecule has 1 aliphatic carbocycles. The zero-order chi connectivity index (χ0) is 15.2. The maximum atomic E-state index is 13.0. The highest BCUT2D eigenvalue weighted by Crippen LogP contribution is 2.26. The lowest BCUT2D eigenvalue weighted by Gasteiger charge is -2.36. The first-order valence-corrected chi connectivity index (χ1v) is 8.80. The predicted molar refractivity (Wildman–Crippen MR) is 87.3 cm³/mol. The molecule has 1 saturated heterocycles. The lowest BCUT2D eigenvalue weighted by Crippen LogP contribution is -2.54. The molecule has 0 radical (unpaired) electrons. The van der Waals surface area contributed by atoms with E-state index in [9.17, 15) is 4.79 Å². The minimum atomic E-state index is 0.0615. The van der Waals surface area contributed by atoms with Gasteiger partial charge in [0, 0.05) is 19.1 Å².